The van der Waals surface area contributed by atoms with Gasteiger partial charge in [0.05, 0.1) is 12.6 Å². The van der Waals surface area contributed by atoms with Gasteiger partial charge in [0.2, 0.25) is 5.91 Å². The molecular formula is C22H28N2O5. The average Bonchev–Trinajstić information content (AvgIpc) is 2.74. The molecule has 0 saturated heterocycles. The van der Waals surface area contributed by atoms with Gasteiger partial charge in [0.25, 0.3) is 5.91 Å². The van der Waals surface area contributed by atoms with Crippen molar-refractivity contribution in [3.05, 3.63) is 71.3 Å². The molecule has 2 atom stereocenters. The summed E-state index contributed by atoms with van der Waals surface area (Å²) in [6.45, 7) is 1.94. The van der Waals surface area contributed by atoms with Crippen LogP contribution in [0.25, 0.3) is 0 Å². The van der Waals surface area contributed by atoms with Gasteiger partial charge in [-0.15, -0.1) is 0 Å². The van der Waals surface area contributed by atoms with E-state index in [-0.39, 0.29) is 19.3 Å². The van der Waals surface area contributed by atoms with E-state index in [0.717, 1.165) is 12.0 Å². The second kappa shape index (κ2) is 12.0. The first kappa shape index (κ1) is 22.5. The van der Waals surface area contributed by atoms with E-state index < -0.39 is 17.9 Å². The van der Waals surface area contributed by atoms with Crippen molar-refractivity contribution in [3.63, 3.8) is 0 Å². The molecule has 0 aliphatic carbocycles. The van der Waals surface area contributed by atoms with Crippen LogP contribution in [0.3, 0.4) is 0 Å². The monoisotopic (exact) mass is 400 g/mol. The smallest absolute Gasteiger partial charge is 0.251 e. The molecule has 0 fully saturated rings. The van der Waals surface area contributed by atoms with Crippen LogP contribution in [-0.2, 0) is 20.7 Å². The zero-order valence-electron chi connectivity index (χ0n) is 16.8. The Morgan fingerprint density at radius 2 is 1.69 bits per heavy atom. The van der Waals surface area contributed by atoms with Crippen LogP contribution in [-0.4, -0.2) is 43.6 Å². The third-order valence-electron chi connectivity index (χ3n) is 4.52. The van der Waals surface area contributed by atoms with Crippen molar-refractivity contribution in [2.45, 2.75) is 25.8 Å². The SMILES string of the molecule is COCOC[C@H](C[C@H](C)C(=O)NO)NC(=O)c1ccc(Cc2ccccc2)cc1. The van der Waals surface area contributed by atoms with Gasteiger partial charge in [0, 0.05) is 18.6 Å². The molecule has 0 radical (unpaired) electrons. The molecule has 7 nitrogen and oxygen atoms in total. The Balaban J connectivity index is 1.98. The number of carbonyl (C=O) groups excluding carboxylic acids is 2. The Hall–Kier alpha value is -2.74. The summed E-state index contributed by atoms with van der Waals surface area (Å²) >= 11 is 0. The molecule has 7 heteroatoms. The number of hydroxylamine groups is 1. The molecule has 0 aliphatic rings. The number of carbonyl (C=O) groups is 2. The molecule has 0 unspecified atom stereocenters. The van der Waals surface area contributed by atoms with E-state index in [4.69, 9.17) is 14.7 Å². The van der Waals surface area contributed by atoms with Crippen molar-refractivity contribution in [2.75, 3.05) is 20.5 Å². The van der Waals surface area contributed by atoms with Crippen molar-refractivity contribution >= 4 is 11.8 Å². The largest absolute Gasteiger partial charge is 0.359 e. The maximum atomic E-state index is 12.6. The second-order valence-electron chi connectivity index (χ2n) is 6.92. The van der Waals surface area contributed by atoms with E-state index >= 15 is 0 Å². The van der Waals surface area contributed by atoms with Gasteiger partial charge in [-0.05, 0) is 36.1 Å². The van der Waals surface area contributed by atoms with Crippen LogP contribution in [0.15, 0.2) is 54.6 Å². The van der Waals surface area contributed by atoms with E-state index in [1.165, 1.54) is 12.7 Å². The number of nitrogens with one attached hydrogen (secondary N) is 2. The first-order valence-corrected chi connectivity index (χ1v) is 9.47. The topological polar surface area (TPSA) is 96.9 Å². The lowest BCUT2D eigenvalue weighted by molar-refractivity contribution is -0.133. The van der Waals surface area contributed by atoms with Crippen molar-refractivity contribution in [2.24, 2.45) is 5.92 Å². The number of benzene rings is 2. The van der Waals surface area contributed by atoms with Crippen LogP contribution in [0.4, 0.5) is 0 Å². The zero-order chi connectivity index (χ0) is 21.1. The number of methoxy groups -OCH3 is 1. The van der Waals surface area contributed by atoms with E-state index in [0.29, 0.717) is 12.0 Å². The zero-order valence-corrected chi connectivity index (χ0v) is 16.8. The summed E-state index contributed by atoms with van der Waals surface area (Å²) in [4.78, 5) is 24.2. The molecule has 29 heavy (non-hydrogen) atoms. The molecular weight excluding hydrogens is 372 g/mol. The fraction of sp³-hybridized carbons (Fsp3) is 0.364. The number of rotatable bonds is 11. The maximum absolute atomic E-state index is 12.6. The van der Waals surface area contributed by atoms with Gasteiger partial charge in [-0.3, -0.25) is 14.8 Å². The molecule has 0 aliphatic heterocycles. The van der Waals surface area contributed by atoms with E-state index in [2.05, 4.69) is 17.4 Å². The van der Waals surface area contributed by atoms with Crippen LogP contribution in [0.5, 0.6) is 0 Å². The predicted molar refractivity (Wildman–Crippen MR) is 108 cm³/mol. The molecule has 0 saturated carbocycles. The van der Waals surface area contributed by atoms with Gasteiger partial charge in [0.1, 0.15) is 6.79 Å². The van der Waals surface area contributed by atoms with Gasteiger partial charge >= 0.3 is 0 Å². The summed E-state index contributed by atoms with van der Waals surface area (Å²) in [5.41, 5.74) is 4.47. The van der Waals surface area contributed by atoms with Gasteiger partial charge < -0.3 is 14.8 Å². The highest BCUT2D eigenvalue weighted by Gasteiger charge is 2.21. The summed E-state index contributed by atoms with van der Waals surface area (Å²) in [7, 11) is 1.51. The quantitative estimate of drug-likeness (QED) is 0.233. The molecule has 0 bridgehead atoms. The minimum Gasteiger partial charge on any atom is -0.359 e. The molecule has 2 aromatic rings. The third-order valence-corrected chi connectivity index (χ3v) is 4.52. The summed E-state index contributed by atoms with van der Waals surface area (Å²) in [6, 6.07) is 17.1. The molecule has 3 N–H and O–H groups in total. The van der Waals surface area contributed by atoms with Gasteiger partial charge in [-0.2, -0.15) is 0 Å². The molecule has 0 aromatic heterocycles. The van der Waals surface area contributed by atoms with Crippen molar-refractivity contribution in [1.29, 1.82) is 0 Å². The van der Waals surface area contributed by atoms with Crippen molar-refractivity contribution < 1.29 is 24.3 Å². The number of amides is 2. The van der Waals surface area contributed by atoms with Crippen LogP contribution in [0, 0.1) is 5.92 Å². The first-order chi connectivity index (χ1) is 14.0. The fourth-order valence-corrected chi connectivity index (χ4v) is 2.96. The van der Waals surface area contributed by atoms with Crippen molar-refractivity contribution in [1.82, 2.24) is 10.8 Å². The highest BCUT2D eigenvalue weighted by Crippen LogP contribution is 2.12. The number of ether oxygens (including phenoxy) is 2. The van der Waals surface area contributed by atoms with E-state index in [9.17, 15) is 9.59 Å². The van der Waals surface area contributed by atoms with Crippen LogP contribution in [0.1, 0.15) is 34.8 Å². The lowest BCUT2D eigenvalue weighted by atomic mass is 10.0. The van der Waals surface area contributed by atoms with E-state index in [1.54, 1.807) is 24.5 Å². The first-order valence-electron chi connectivity index (χ1n) is 9.47. The molecule has 156 valence electrons. The summed E-state index contributed by atoms with van der Waals surface area (Å²) in [5, 5.41) is 11.7. The minimum atomic E-state index is -0.513. The number of hydrogen-bond acceptors (Lipinski definition) is 5. The summed E-state index contributed by atoms with van der Waals surface area (Å²) < 4.78 is 10.2. The highest BCUT2D eigenvalue weighted by molar-refractivity contribution is 5.94. The minimum absolute atomic E-state index is 0.0845. The molecule has 2 rings (SSSR count). The summed E-state index contributed by atoms with van der Waals surface area (Å²) in [6.07, 6.45) is 1.11. The highest BCUT2D eigenvalue weighted by atomic mass is 16.7. The molecule has 2 amide bonds. The summed E-state index contributed by atoms with van der Waals surface area (Å²) in [5.74, 6) is -1.26. The van der Waals surface area contributed by atoms with Crippen molar-refractivity contribution in [3.8, 4) is 0 Å². The fourth-order valence-electron chi connectivity index (χ4n) is 2.96. The van der Waals surface area contributed by atoms with Gasteiger partial charge in [0.15, 0.2) is 0 Å². The number of hydrogen-bond donors (Lipinski definition) is 3. The Bertz CT molecular complexity index is 765. The molecule has 2 aromatic carbocycles. The van der Waals surface area contributed by atoms with Crippen LogP contribution < -0.4 is 10.8 Å². The predicted octanol–water partition coefficient (Wildman–Crippen LogP) is 2.53. The van der Waals surface area contributed by atoms with Crippen LogP contribution >= 0.6 is 0 Å². The standard InChI is InChI=1S/C22H28N2O5/c1-16(21(25)24-27)12-20(14-29-15-28-2)23-22(26)19-10-8-18(9-11-19)13-17-6-4-3-5-7-17/h3-11,16,20,27H,12-15H2,1-2H3,(H,23,26)(H,24,25)/t16-,20-/m0/s1. The Morgan fingerprint density at radius 3 is 2.31 bits per heavy atom. The lowest BCUT2D eigenvalue weighted by Gasteiger charge is -2.21. The normalized spacial score (nSPS) is 12.8. The lowest BCUT2D eigenvalue weighted by Crippen LogP contribution is -2.41. The Morgan fingerprint density at radius 1 is 1.03 bits per heavy atom. The second-order valence-corrected chi connectivity index (χ2v) is 6.92. The molecule has 0 heterocycles. The Labute approximate surface area is 171 Å². The molecule has 0 spiro atoms. The van der Waals surface area contributed by atoms with Crippen LogP contribution in [0.2, 0.25) is 0 Å². The van der Waals surface area contributed by atoms with Gasteiger partial charge in [-0.25, -0.2) is 5.48 Å². The maximum Gasteiger partial charge on any atom is 0.251 e. The van der Waals surface area contributed by atoms with Gasteiger partial charge in [-0.1, -0.05) is 49.4 Å². The third kappa shape index (κ3) is 7.65. The average molecular weight is 400 g/mol. The van der Waals surface area contributed by atoms with E-state index in [1.807, 2.05) is 30.3 Å². The Kier molecular flexibility index (Phi) is 9.30.